The van der Waals surface area contributed by atoms with Crippen LogP contribution in [0.4, 0.5) is 0 Å². The number of fused-ring (bicyclic) bond motifs is 1. The summed E-state index contributed by atoms with van der Waals surface area (Å²) in [5.74, 6) is 0. The second kappa shape index (κ2) is 3.97. The number of hydrogen-bond acceptors (Lipinski definition) is 3. The largest absolute Gasteiger partial charge is 0.310 e. The minimum absolute atomic E-state index is 0.359. The van der Waals surface area contributed by atoms with Crippen molar-refractivity contribution in [3.8, 4) is 0 Å². The molecular weight excluding hydrogens is 198 g/mol. The maximum Gasteiger partial charge on any atom is 0.0239 e. The number of nitrogens with one attached hydrogen (secondary N) is 1. The van der Waals surface area contributed by atoms with Crippen molar-refractivity contribution in [3.63, 3.8) is 0 Å². The van der Waals surface area contributed by atoms with E-state index < -0.39 is 0 Å². The zero-order valence-electron chi connectivity index (χ0n) is 10.7. The first-order valence-electron chi connectivity index (χ1n) is 6.87. The maximum absolute atomic E-state index is 3.65. The number of nitrogens with zero attached hydrogens (tertiary/aromatic N) is 2. The zero-order valence-corrected chi connectivity index (χ0v) is 10.7. The number of hydrogen-bond donors (Lipinski definition) is 1. The predicted octanol–water partition coefficient (Wildman–Crippen LogP) is 0.907. The van der Waals surface area contributed by atoms with Crippen molar-refractivity contribution in [2.24, 2.45) is 0 Å². The highest BCUT2D eigenvalue weighted by Crippen LogP contribution is 2.27. The molecule has 0 aromatic heterocycles. The van der Waals surface area contributed by atoms with E-state index in [1.165, 1.54) is 52.0 Å². The van der Waals surface area contributed by atoms with E-state index in [4.69, 9.17) is 0 Å². The fourth-order valence-electron chi connectivity index (χ4n) is 3.73. The summed E-state index contributed by atoms with van der Waals surface area (Å²) in [6.07, 6.45) is 4.17. The highest BCUT2D eigenvalue weighted by atomic mass is 15.3. The molecule has 0 radical (unpaired) electrons. The number of piperazine rings is 1. The Balaban J connectivity index is 1.60. The molecule has 3 heteroatoms. The van der Waals surface area contributed by atoms with Crippen molar-refractivity contribution >= 4 is 0 Å². The summed E-state index contributed by atoms with van der Waals surface area (Å²) < 4.78 is 0. The lowest BCUT2D eigenvalue weighted by Gasteiger charge is -2.40. The van der Waals surface area contributed by atoms with Crippen LogP contribution in [0.1, 0.15) is 33.1 Å². The monoisotopic (exact) mass is 223 g/mol. The Bertz CT molecular complexity index is 264. The Kier molecular flexibility index (Phi) is 2.73. The molecule has 0 aromatic carbocycles. The molecule has 3 nitrogen and oxygen atoms in total. The highest BCUT2D eigenvalue weighted by Gasteiger charge is 2.38. The molecule has 3 aliphatic heterocycles. The molecule has 3 aliphatic rings. The summed E-state index contributed by atoms with van der Waals surface area (Å²) >= 11 is 0. The molecule has 3 heterocycles. The molecule has 0 spiro atoms. The van der Waals surface area contributed by atoms with Gasteiger partial charge in [0.05, 0.1) is 0 Å². The molecule has 1 N–H and O–H groups in total. The summed E-state index contributed by atoms with van der Waals surface area (Å²) in [5, 5.41) is 3.65. The van der Waals surface area contributed by atoms with Gasteiger partial charge in [0.15, 0.2) is 0 Å². The van der Waals surface area contributed by atoms with Crippen LogP contribution in [0, 0.1) is 0 Å². The van der Waals surface area contributed by atoms with Gasteiger partial charge in [-0.3, -0.25) is 9.80 Å². The summed E-state index contributed by atoms with van der Waals surface area (Å²) in [5.41, 5.74) is 0.359. The fourth-order valence-corrected chi connectivity index (χ4v) is 3.73. The average molecular weight is 223 g/mol. The third-order valence-electron chi connectivity index (χ3n) is 4.70. The second-order valence-corrected chi connectivity index (χ2v) is 6.45. The van der Waals surface area contributed by atoms with Gasteiger partial charge in [-0.2, -0.15) is 0 Å². The molecule has 2 atom stereocenters. The fraction of sp³-hybridized carbons (Fsp3) is 1.00. The van der Waals surface area contributed by atoms with E-state index in [0.29, 0.717) is 5.54 Å². The van der Waals surface area contributed by atoms with Crippen LogP contribution in [-0.4, -0.2) is 60.1 Å². The van der Waals surface area contributed by atoms with Crippen LogP contribution in [0.25, 0.3) is 0 Å². The van der Waals surface area contributed by atoms with E-state index >= 15 is 0 Å². The molecule has 3 saturated heterocycles. The molecular formula is C13H25N3. The summed E-state index contributed by atoms with van der Waals surface area (Å²) in [7, 11) is 0. The third-order valence-corrected chi connectivity index (χ3v) is 4.70. The summed E-state index contributed by atoms with van der Waals surface area (Å²) in [4.78, 5) is 5.44. The SMILES string of the molecule is CC1(C)CC(N2CCN3CCCC3C2)CN1. The van der Waals surface area contributed by atoms with Crippen molar-refractivity contribution in [1.29, 1.82) is 0 Å². The van der Waals surface area contributed by atoms with Gasteiger partial charge in [0.25, 0.3) is 0 Å². The third kappa shape index (κ3) is 2.01. The quantitative estimate of drug-likeness (QED) is 0.713. The lowest BCUT2D eigenvalue weighted by atomic mass is 9.99. The molecule has 0 aromatic rings. The minimum atomic E-state index is 0.359. The Labute approximate surface area is 99.2 Å². The van der Waals surface area contributed by atoms with E-state index in [9.17, 15) is 0 Å². The van der Waals surface area contributed by atoms with Gasteiger partial charge >= 0.3 is 0 Å². The first kappa shape index (κ1) is 11.0. The Hall–Kier alpha value is -0.120. The molecule has 0 bridgehead atoms. The lowest BCUT2D eigenvalue weighted by Crippen LogP contribution is -2.53. The van der Waals surface area contributed by atoms with Crippen LogP contribution in [0.3, 0.4) is 0 Å². The van der Waals surface area contributed by atoms with E-state index in [2.05, 4.69) is 29.0 Å². The normalized spacial score (nSPS) is 40.1. The first-order chi connectivity index (χ1) is 7.64. The van der Waals surface area contributed by atoms with Crippen LogP contribution in [-0.2, 0) is 0 Å². The lowest BCUT2D eigenvalue weighted by molar-refractivity contribution is 0.0756. The van der Waals surface area contributed by atoms with Gasteiger partial charge < -0.3 is 5.32 Å². The van der Waals surface area contributed by atoms with Crippen molar-refractivity contribution in [1.82, 2.24) is 15.1 Å². The summed E-state index contributed by atoms with van der Waals surface area (Å²) in [6.45, 7) is 11.1. The van der Waals surface area contributed by atoms with Crippen LogP contribution >= 0.6 is 0 Å². The second-order valence-electron chi connectivity index (χ2n) is 6.45. The van der Waals surface area contributed by atoms with Crippen LogP contribution in [0.2, 0.25) is 0 Å². The standard InChI is InChI=1S/C13H25N3/c1-13(2)8-12(9-14-13)16-7-6-15-5-3-4-11(15)10-16/h11-12,14H,3-10H2,1-2H3. The number of rotatable bonds is 1. The molecule has 16 heavy (non-hydrogen) atoms. The molecule has 0 amide bonds. The first-order valence-corrected chi connectivity index (χ1v) is 6.87. The van der Waals surface area contributed by atoms with Gasteiger partial charge in [0, 0.05) is 43.8 Å². The van der Waals surface area contributed by atoms with Gasteiger partial charge in [-0.15, -0.1) is 0 Å². The Morgan fingerprint density at radius 1 is 1.06 bits per heavy atom. The van der Waals surface area contributed by atoms with Gasteiger partial charge in [-0.25, -0.2) is 0 Å². The molecule has 92 valence electrons. The van der Waals surface area contributed by atoms with Crippen LogP contribution in [0.5, 0.6) is 0 Å². The van der Waals surface area contributed by atoms with Crippen molar-refractivity contribution in [2.45, 2.75) is 50.7 Å². The van der Waals surface area contributed by atoms with Crippen LogP contribution < -0.4 is 5.32 Å². The molecule has 0 saturated carbocycles. The molecule has 3 rings (SSSR count). The van der Waals surface area contributed by atoms with E-state index in [1.807, 2.05) is 0 Å². The average Bonchev–Trinajstić information content (AvgIpc) is 2.82. The van der Waals surface area contributed by atoms with Gasteiger partial charge in [0.2, 0.25) is 0 Å². The van der Waals surface area contributed by atoms with E-state index in [1.54, 1.807) is 0 Å². The van der Waals surface area contributed by atoms with Crippen molar-refractivity contribution in [2.75, 3.05) is 32.7 Å². The van der Waals surface area contributed by atoms with E-state index in [0.717, 1.165) is 12.1 Å². The maximum atomic E-state index is 3.65. The Morgan fingerprint density at radius 3 is 2.62 bits per heavy atom. The molecule has 0 aliphatic carbocycles. The van der Waals surface area contributed by atoms with Crippen molar-refractivity contribution < 1.29 is 0 Å². The van der Waals surface area contributed by atoms with Crippen LogP contribution in [0.15, 0.2) is 0 Å². The smallest absolute Gasteiger partial charge is 0.0239 e. The van der Waals surface area contributed by atoms with E-state index in [-0.39, 0.29) is 0 Å². The minimum Gasteiger partial charge on any atom is -0.310 e. The topological polar surface area (TPSA) is 18.5 Å². The van der Waals surface area contributed by atoms with Gasteiger partial charge in [0.1, 0.15) is 0 Å². The zero-order chi connectivity index (χ0) is 11.2. The molecule has 3 fully saturated rings. The summed E-state index contributed by atoms with van der Waals surface area (Å²) in [6, 6.07) is 1.66. The Morgan fingerprint density at radius 2 is 1.88 bits per heavy atom. The molecule has 2 unspecified atom stereocenters. The predicted molar refractivity (Wildman–Crippen MR) is 66.7 cm³/mol. The highest BCUT2D eigenvalue weighted by molar-refractivity contribution is 4.97. The van der Waals surface area contributed by atoms with Gasteiger partial charge in [-0.05, 0) is 39.7 Å². The van der Waals surface area contributed by atoms with Crippen molar-refractivity contribution in [3.05, 3.63) is 0 Å². The van der Waals surface area contributed by atoms with Gasteiger partial charge in [-0.1, -0.05) is 0 Å².